The number of ether oxygens (including phenoxy) is 5. The van der Waals surface area contributed by atoms with Crippen LogP contribution in [0.4, 0.5) is 0 Å². The summed E-state index contributed by atoms with van der Waals surface area (Å²) in [5.41, 5.74) is 0. The molecule has 6 aliphatic heterocycles. The summed E-state index contributed by atoms with van der Waals surface area (Å²) >= 11 is 2.15. The second kappa shape index (κ2) is 35.3. The first-order valence-corrected chi connectivity index (χ1v) is 29.7. The normalized spacial score (nSPS) is 31.8. The Bertz CT molecular complexity index is 1010. The summed E-state index contributed by atoms with van der Waals surface area (Å²) in [4.78, 5) is 0. The number of hydrogen-bond acceptors (Lipinski definition) is 11. The van der Waals surface area contributed by atoms with Gasteiger partial charge in [0.1, 0.15) is 6.79 Å². The number of thioether (sulfide) groups is 1. The molecule has 6 rings (SSSR count). The van der Waals surface area contributed by atoms with Crippen molar-refractivity contribution in [3.63, 3.8) is 0 Å². The summed E-state index contributed by atoms with van der Waals surface area (Å²) in [5.74, 6) is 10.4. The van der Waals surface area contributed by atoms with Gasteiger partial charge < -0.3 is 39.6 Å². The fourth-order valence-corrected chi connectivity index (χ4v) is 12.5. The van der Waals surface area contributed by atoms with Crippen molar-refractivity contribution in [2.24, 2.45) is 76.9 Å². The van der Waals surface area contributed by atoms with E-state index in [2.05, 4.69) is 205 Å². The highest BCUT2D eigenvalue weighted by atomic mass is 32.2. The predicted octanol–water partition coefficient (Wildman–Crippen LogP) is 11.6. The monoisotopic (exact) mass is 1000 g/mol. The van der Waals surface area contributed by atoms with Crippen LogP contribution in [0.5, 0.6) is 0 Å². The third-order valence-electron chi connectivity index (χ3n) is 14.9. The minimum atomic E-state index is 0.291. The molecule has 0 radical (unpaired) electrons. The standard InChI is InChI=1S/C10H21NO.C10H21NS.C10H21N.C10H20O2.C9H20N2.C9H18O2/c2*1-7(2)9-10(8(3)4)12-6-5-11-9;1-7(2)9-5-6-11-10(9)8(3)4;1-7(2)9-10(8(3)4)12-6-5-11-9;2*1-6(2)8-9(7(3)4)11-5-10-8/h2*7-11H,5-6H2,1-4H3;7-11H,5-6H2,1-4H3;7-10H,5-6H2,1-4H3;6-11H,5H2,1-4H3;6-9H,5H2,1-4H3. The lowest BCUT2D eigenvalue weighted by Crippen LogP contribution is -2.53. The van der Waals surface area contributed by atoms with E-state index in [9.17, 15) is 0 Å². The van der Waals surface area contributed by atoms with E-state index in [0.717, 1.165) is 91.8 Å². The fourth-order valence-electron chi connectivity index (χ4n) is 11.0. The summed E-state index contributed by atoms with van der Waals surface area (Å²) in [6.45, 7) is 61.4. The van der Waals surface area contributed by atoms with E-state index < -0.39 is 0 Å². The molecule has 0 amide bonds. The van der Waals surface area contributed by atoms with Crippen LogP contribution in [0.2, 0.25) is 0 Å². The van der Waals surface area contributed by atoms with Crippen LogP contribution < -0.4 is 26.6 Å². The number of nitrogens with one attached hydrogen (secondary N) is 5. The lowest BCUT2D eigenvalue weighted by atomic mass is 9.84. The highest BCUT2D eigenvalue weighted by Gasteiger charge is 2.36. The molecule has 6 heterocycles. The lowest BCUT2D eigenvalue weighted by molar-refractivity contribution is -0.169. The molecule has 0 aromatic heterocycles. The Hall–Kier alpha value is -0.0500. The molecule has 6 aliphatic rings. The summed E-state index contributed by atoms with van der Waals surface area (Å²) in [6, 6.07) is 3.36. The fraction of sp³-hybridized carbons (Fsp3) is 1.00. The van der Waals surface area contributed by atoms with Crippen molar-refractivity contribution in [1.82, 2.24) is 26.6 Å². The Morgan fingerprint density at radius 3 is 1.03 bits per heavy atom. The van der Waals surface area contributed by atoms with Gasteiger partial charge in [0.15, 0.2) is 0 Å². The van der Waals surface area contributed by atoms with Crippen LogP contribution in [-0.2, 0) is 23.7 Å². The van der Waals surface area contributed by atoms with E-state index in [1.807, 2.05) is 0 Å². The zero-order chi connectivity index (χ0) is 52.7. The van der Waals surface area contributed by atoms with Crippen molar-refractivity contribution in [2.45, 2.75) is 239 Å². The third-order valence-corrected chi connectivity index (χ3v) is 16.6. The second-order valence-electron chi connectivity index (χ2n) is 25.2. The first kappa shape index (κ1) is 67.0. The van der Waals surface area contributed by atoms with Crippen molar-refractivity contribution < 1.29 is 23.7 Å². The lowest BCUT2D eigenvalue weighted by Gasteiger charge is -2.37. The van der Waals surface area contributed by atoms with Crippen molar-refractivity contribution >= 4 is 11.8 Å². The number of rotatable bonds is 12. The Kier molecular flexibility index (Phi) is 34.2. The van der Waals surface area contributed by atoms with Gasteiger partial charge in [-0.15, -0.1) is 0 Å². The Labute approximate surface area is 434 Å². The van der Waals surface area contributed by atoms with Crippen LogP contribution in [-0.4, -0.2) is 125 Å². The zero-order valence-electron chi connectivity index (χ0n) is 49.9. The SMILES string of the molecule is CC(C)C1CCNC1C(C)C.CC(C)C1NCCOC1C(C)C.CC(C)C1NCCSC1C(C)C.CC(C)C1NCNC1C(C)C.CC(C)C1OCCOC1C(C)C.CC(C)C1OCOC1C(C)C. The quantitative estimate of drug-likeness (QED) is 0.129. The maximum atomic E-state index is 5.75. The summed E-state index contributed by atoms with van der Waals surface area (Å²) < 4.78 is 28.1. The molecule has 0 spiro atoms. The second-order valence-corrected chi connectivity index (χ2v) is 26.5. The average Bonchev–Trinajstić information content (AvgIpc) is 4.10. The van der Waals surface area contributed by atoms with Gasteiger partial charge in [0.25, 0.3) is 0 Å². The van der Waals surface area contributed by atoms with Gasteiger partial charge in [0.2, 0.25) is 0 Å². The van der Waals surface area contributed by atoms with E-state index in [1.165, 1.54) is 25.3 Å². The van der Waals surface area contributed by atoms with Crippen LogP contribution >= 0.6 is 11.8 Å². The van der Waals surface area contributed by atoms with Gasteiger partial charge in [-0.05, 0) is 89.9 Å². The number of hydrogen-bond donors (Lipinski definition) is 5. The summed E-state index contributed by atoms with van der Waals surface area (Å²) in [7, 11) is 0. The molecular formula is C58H121N5O5S. The van der Waals surface area contributed by atoms with Crippen molar-refractivity contribution in [3.8, 4) is 0 Å². The molecule has 0 saturated carbocycles. The average molecular weight is 1000 g/mol. The molecule has 69 heavy (non-hydrogen) atoms. The van der Waals surface area contributed by atoms with Gasteiger partial charge in [-0.25, -0.2) is 0 Å². The largest absolute Gasteiger partial charge is 0.375 e. The smallest absolute Gasteiger partial charge is 0.147 e. The maximum absolute atomic E-state index is 5.75. The van der Waals surface area contributed by atoms with E-state index in [0.29, 0.717) is 90.9 Å². The maximum Gasteiger partial charge on any atom is 0.147 e. The highest BCUT2D eigenvalue weighted by Crippen LogP contribution is 2.30. The van der Waals surface area contributed by atoms with E-state index in [-0.39, 0.29) is 0 Å². The van der Waals surface area contributed by atoms with E-state index >= 15 is 0 Å². The summed E-state index contributed by atoms with van der Waals surface area (Å²) in [6.07, 6.45) is 2.96. The van der Waals surface area contributed by atoms with Crippen molar-refractivity contribution in [2.75, 3.05) is 58.7 Å². The summed E-state index contributed by atoms with van der Waals surface area (Å²) in [5, 5.41) is 18.5. The molecule has 0 aliphatic carbocycles. The molecule has 10 nitrogen and oxygen atoms in total. The van der Waals surface area contributed by atoms with Gasteiger partial charge in [-0.2, -0.15) is 11.8 Å². The van der Waals surface area contributed by atoms with Crippen LogP contribution in [0, 0.1) is 76.9 Å². The topological polar surface area (TPSA) is 106 Å². The van der Waals surface area contributed by atoms with E-state index in [4.69, 9.17) is 23.7 Å². The molecule has 11 heteroatoms. The van der Waals surface area contributed by atoms with Crippen LogP contribution in [0.3, 0.4) is 0 Å². The first-order chi connectivity index (χ1) is 32.3. The molecule has 0 bridgehead atoms. The molecule has 0 aromatic carbocycles. The van der Waals surface area contributed by atoms with Gasteiger partial charge >= 0.3 is 0 Å². The minimum absolute atomic E-state index is 0.291. The molecule has 12 atom stereocenters. The minimum Gasteiger partial charge on any atom is -0.375 e. The molecule has 6 fully saturated rings. The molecular weight excluding hydrogens is 879 g/mol. The molecule has 6 saturated heterocycles. The van der Waals surface area contributed by atoms with Gasteiger partial charge in [0.05, 0.1) is 50.3 Å². The molecule has 12 unspecified atom stereocenters. The van der Waals surface area contributed by atoms with Crippen LogP contribution in [0.25, 0.3) is 0 Å². The third kappa shape index (κ3) is 24.0. The van der Waals surface area contributed by atoms with Gasteiger partial charge in [-0.1, -0.05) is 166 Å². The zero-order valence-corrected chi connectivity index (χ0v) is 50.7. The van der Waals surface area contributed by atoms with Crippen molar-refractivity contribution in [3.05, 3.63) is 0 Å². The van der Waals surface area contributed by atoms with Crippen molar-refractivity contribution in [1.29, 1.82) is 0 Å². The van der Waals surface area contributed by atoms with Gasteiger partial charge in [0, 0.05) is 61.0 Å². The molecule has 5 N–H and O–H groups in total. The van der Waals surface area contributed by atoms with Crippen LogP contribution in [0.1, 0.15) is 173 Å². The first-order valence-electron chi connectivity index (χ1n) is 28.6. The van der Waals surface area contributed by atoms with Crippen LogP contribution in [0.15, 0.2) is 0 Å². The Morgan fingerprint density at radius 2 is 0.696 bits per heavy atom. The van der Waals surface area contributed by atoms with Gasteiger partial charge in [-0.3, -0.25) is 10.6 Å². The number of morpholine rings is 1. The molecule has 0 aromatic rings. The predicted molar refractivity (Wildman–Crippen MR) is 300 cm³/mol. The van der Waals surface area contributed by atoms with E-state index in [1.54, 1.807) is 0 Å². The highest BCUT2D eigenvalue weighted by molar-refractivity contribution is 8.00. The molecule has 414 valence electrons. The Balaban J connectivity index is 0.000000414. The Morgan fingerprint density at radius 1 is 0.319 bits per heavy atom.